The zero-order valence-electron chi connectivity index (χ0n) is 12.4. The van der Waals surface area contributed by atoms with Crippen LogP contribution >= 0.6 is 0 Å². The van der Waals surface area contributed by atoms with Crippen molar-refractivity contribution in [3.05, 3.63) is 0 Å². The van der Waals surface area contributed by atoms with Crippen LogP contribution in [0.2, 0.25) is 0 Å². The lowest BCUT2D eigenvalue weighted by atomic mass is 10.2. The summed E-state index contributed by atoms with van der Waals surface area (Å²) in [6.07, 6.45) is -0.138. The normalized spacial score (nSPS) is 15.2. The van der Waals surface area contributed by atoms with Gasteiger partial charge in [0.15, 0.2) is 0 Å². The minimum atomic E-state index is -0.566. The van der Waals surface area contributed by atoms with Crippen LogP contribution in [-0.4, -0.2) is 72.1 Å². The second-order valence-electron chi connectivity index (χ2n) is 5.65. The molecule has 1 saturated heterocycles. The zero-order chi connectivity index (χ0) is 15.2. The Balaban J connectivity index is 2.38. The molecule has 1 aliphatic rings. The average molecular weight is 288 g/mol. The molecule has 7 heteroatoms. The minimum absolute atomic E-state index is 0.120. The van der Waals surface area contributed by atoms with Gasteiger partial charge in [-0.05, 0) is 27.2 Å². The van der Waals surface area contributed by atoms with E-state index in [4.69, 9.17) is 14.6 Å². The summed E-state index contributed by atoms with van der Waals surface area (Å²) < 4.78 is 10.1. The highest BCUT2D eigenvalue weighted by Crippen LogP contribution is 2.11. The maximum atomic E-state index is 11.9. The molecule has 2 amide bonds. The lowest BCUT2D eigenvalue weighted by Crippen LogP contribution is -2.40. The first kappa shape index (κ1) is 16.6. The molecule has 0 spiro atoms. The summed E-state index contributed by atoms with van der Waals surface area (Å²) in [4.78, 5) is 26.2. The summed E-state index contributed by atoms with van der Waals surface area (Å²) in [5, 5.41) is 9.00. The molecule has 0 aliphatic carbocycles. The second kappa shape index (κ2) is 7.33. The molecule has 0 unspecified atom stereocenters. The van der Waals surface area contributed by atoms with E-state index in [1.54, 1.807) is 25.7 Å². The van der Waals surface area contributed by atoms with Crippen LogP contribution in [0.5, 0.6) is 0 Å². The van der Waals surface area contributed by atoms with Crippen LogP contribution in [0.3, 0.4) is 0 Å². The zero-order valence-corrected chi connectivity index (χ0v) is 12.4. The van der Waals surface area contributed by atoms with Crippen molar-refractivity contribution >= 4 is 12.2 Å². The van der Waals surface area contributed by atoms with Gasteiger partial charge in [-0.25, -0.2) is 9.59 Å². The van der Waals surface area contributed by atoms with E-state index in [1.165, 1.54) is 4.90 Å². The lowest BCUT2D eigenvalue weighted by molar-refractivity contribution is 0.0214. The van der Waals surface area contributed by atoms with Crippen LogP contribution in [0.15, 0.2) is 0 Å². The highest BCUT2D eigenvalue weighted by molar-refractivity contribution is 5.69. The molecule has 0 radical (unpaired) electrons. The molecule has 1 heterocycles. The third-order valence-corrected chi connectivity index (χ3v) is 2.72. The second-order valence-corrected chi connectivity index (χ2v) is 5.65. The summed E-state index contributed by atoms with van der Waals surface area (Å²) >= 11 is 0. The Labute approximate surface area is 119 Å². The van der Waals surface area contributed by atoms with Crippen LogP contribution in [0.4, 0.5) is 9.59 Å². The first-order valence-corrected chi connectivity index (χ1v) is 6.84. The number of cyclic esters (lactones) is 1. The van der Waals surface area contributed by atoms with E-state index in [1.807, 2.05) is 0 Å². The molecule has 0 atom stereocenters. The molecular formula is C13H24N2O5. The van der Waals surface area contributed by atoms with Gasteiger partial charge in [-0.2, -0.15) is 0 Å². The first-order valence-electron chi connectivity index (χ1n) is 6.84. The Morgan fingerprint density at radius 3 is 2.65 bits per heavy atom. The van der Waals surface area contributed by atoms with Gasteiger partial charge in [0, 0.05) is 19.6 Å². The smallest absolute Gasteiger partial charge is 0.410 e. The van der Waals surface area contributed by atoms with Crippen molar-refractivity contribution < 1.29 is 24.2 Å². The van der Waals surface area contributed by atoms with Crippen LogP contribution in [0.1, 0.15) is 27.2 Å². The molecule has 0 aromatic rings. The van der Waals surface area contributed by atoms with Crippen molar-refractivity contribution in [2.45, 2.75) is 32.8 Å². The van der Waals surface area contributed by atoms with Crippen molar-refractivity contribution in [3.63, 3.8) is 0 Å². The van der Waals surface area contributed by atoms with E-state index in [-0.39, 0.29) is 19.2 Å². The van der Waals surface area contributed by atoms with Gasteiger partial charge in [0.2, 0.25) is 0 Å². The van der Waals surface area contributed by atoms with Gasteiger partial charge in [-0.1, -0.05) is 0 Å². The minimum Gasteiger partial charge on any atom is -0.448 e. The average Bonchev–Trinajstić information content (AvgIpc) is 2.72. The third kappa shape index (κ3) is 5.64. The molecule has 0 saturated carbocycles. The molecule has 116 valence electrons. The molecule has 1 fully saturated rings. The van der Waals surface area contributed by atoms with Crippen LogP contribution in [0.25, 0.3) is 0 Å². The highest BCUT2D eigenvalue weighted by atomic mass is 16.6. The topological polar surface area (TPSA) is 79.3 Å². The van der Waals surface area contributed by atoms with Crippen molar-refractivity contribution in [2.75, 3.05) is 39.4 Å². The van der Waals surface area contributed by atoms with E-state index < -0.39 is 11.7 Å². The summed E-state index contributed by atoms with van der Waals surface area (Å²) in [7, 11) is 0. The number of carbonyl (C=O) groups excluding carboxylic acids is 2. The fourth-order valence-corrected chi connectivity index (χ4v) is 1.82. The Bertz CT molecular complexity index is 340. The van der Waals surface area contributed by atoms with Gasteiger partial charge in [0.1, 0.15) is 12.2 Å². The van der Waals surface area contributed by atoms with Gasteiger partial charge in [0.05, 0.1) is 13.2 Å². The first-order chi connectivity index (χ1) is 9.33. The molecule has 1 N–H and O–H groups in total. The standard InChI is InChI=1S/C13H24N2O5/c1-13(2,3)20-12(18)14(7-9-16)5-4-6-15-8-10-19-11(15)17/h16H,4-10H2,1-3H3. The van der Waals surface area contributed by atoms with E-state index >= 15 is 0 Å². The number of ether oxygens (including phenoxy) is 2. The molecule has 1 aliphatic heterocycles. The Hall–Kier alpha value is -1.50. The van der Waals surface area contributed by atoms with E-state index in [0.29, 0.717) is 32.7 Å². The monoisotopic (exact) mass is 288 g/mol. The molecule has 1 rings (SSSR count). The maximum absolute atomic E-state index is 11.9. The van der Waals surface area contributed by atoms with Crippen LogP contribution < -0.4 is 0 Å². The quantitative estimate of drug-likeness (QED) is 0.790. The summed E-state index contributed by atoms with van der Waals surface area (Å²) in [6, 6.07) is 0. The predicted octanol–water partition coefficient (Wildman–Crippen LogP) is 1.06. The van der Waals surface area contributed by atoms with Gasteiger partial charge in [-0.15, -0.1) is 0 Å². The van der Waals surface area contributed by atoms with Gasteiger partial charge >= 0.3 is 12.2 Å². The lowest BCUT2D eigenvalue weighted by Gasteiger charge is -2.27. The molecule has 0 aromatic carbocycles. The van der Waals surface area contributed by atoms with Crippen LogP contribution in [0, 0.1) is 0 Å². The van der Waals surface area contributed by atoms with Crippen molar-refractivity contribution in [1.82, 2.24) is 9.80 Å². The molecule has 7 nitrogen and oxygen atoms in total. The number of amides is 2. The number of aliphatic hydroxyl groups is 1. The number of rotatable bonds is 6. The van der Waals surface area contributed by atoms with Gasteiger partial charge in [0.25, 0.3) is 0 Å². The summed E-state index contributed by atoms with van der Waals surface area (Å²) in [5.74, 6) is 0. The van der Waals surface area contributed by atoms with E-state index in [9.17, 15) is 9.59 Å². The van der Waals surface area contributed by atoms with Crippen molar-refractivity contribution in [2.24, 2.45) is 0 Å². The number of carbonyl (C=O) groups is 2. The van der Waals surface area contributed by atoms with Gasteiger partial charge in [-0.3, -0.25) is 0 Å². The number of hydrogen-bond donors (Lipinski definition) is 1. The van der Waals surface area contributed by atoms with Crippen molar-refractivity contribution in [3.8, 4) is 0 Å². The fourth-order valence-electron chi connectivity index (χ4n) is 1.82. The Kier molecular flexibility index (Phi) is 6.06. The number of aliphatic hydroxyl groups excluding tert-OH is 1. The Morgan fingerprint density at radius 1 is 1.45 bits per heavy atom. The molecule has 0 aromatic heterocycles. The summed E-state index contributed by atoms with van der Waals surface area (Å²) in [6.45, 7) is 7.45. The Morgan fingerprint density at radius 2 is 2.15 bits per heavy atom. The predicted molar refractivity (Wildman–Crippen MR) is 72.4 cm³/mol. The largest absolute Gasteiger partial charge is 0.448 e. The molecule has 20 heavy (non-hydrogen) atoms. The summed E-state index contributed by atoms with van der Waals surface area (Å²) in [5.41, 5.74) is -0.566. The SMILES string of the molecule is CC(C)(C)OC(=O)N(CCO)CCCN1CCOC1=O. The van der Waals surface area contributed by atoms with Gasteiger partial charge < -0.3 is 24.4 Å². The third-order valence-electron chi connectivity index (χ3n) is 2.72. The molecule has 0 bridgehead atoms. The molecular weight excluding hydrogens is 264 g/mol. The van der Waals surface area contributed by atoms with E-state index in [2.05, 4.69) is 0 Å². The number of hydrogen-bond acceptors (Lipinski definition) is 5. The van der Waals surface area contributed by atoms with Crippen molar-refractivity contribution in [1.29, 1.82) is 0 Å². The maximum Gasteiger partial charge on any atom is 0.410 e. The highest BCUT2D eigenvalue weighted by Gasteiger charge is 2.24. The fraction of sp³-hybridized carbons (Fsp3) is 0.846. The van der Waals surface area contributed by atoms with E-state index in [0.717, 1.165) is 0 Å². The number of nitrogens with zero attached hydrogens (tertiary/aromatic N) is 2. The van der Waals surface area contributed by atoms with Crippen LogP contribution in [-0.2, 0) is 9.47 Å².